The van der Waals surface area contributed by atoms with Crippen LogP contribution in [0, 0.1) is 5.92 Å². The highest BCUT2D eigenvalue weighted by molar-refractivity contribution is 4.93. The van der Waals surface area contributed by atoms with E-state index in [1.54, 1.807) is 0 Å². The van der Waals surface area contributed by atoms with Crippen molar-refractivity contribution >= 4 is 0 Å². The van der Waals surface area contributed by atoms with Crippen LogP contribution >= 0.6 is 0 Å². The number of hydrogen-bond donors (Lipinski definition) is 4. The van der Waals surface area contributed by atoms with Crippen LogP contribution in [0.2, 0.25) is 0 Å². The summed E-state index contributed by atoms with van der Waals surface area (Å²) in [6.07, 6.45) is -4.14. The Morgan fingerprint density at radius 3 is 2.20 bits per heavy atom. The van der Waals surface area contributed by atoms with Crippen LogP contribution in [-0.4, -0.2) is 57.6 Å². The Morgan fingerprint density at radius 1 is 1.13 bits per heavy atom. The van der Waals surface area contributed by atoms with Gasteiger partial charge in [0.15, 0.2) is 0 Å². The number of aliphatic hydroxyl groups is 4. The first-order chi connectivity index (χ1) is 7.02. The Hall–Kier alpha value is -0.200. The lowest BCUT2D eigenvalue weighted by molar-refractivity contribution is -0.239. The first-order valence-electron chi connectivity index (χ1n) is 5.33. The van der Waals surface area contributed by atoms with E-state index in [-0.39, 0.29) is 12.5 Å². The van der Waals surface area contributed by atoms with E-state index in [0.29, 0.717) is 0 Å². The zero-order valence-corrected chi connectivity index (χ0v) is 9.08. The van der Waals surface area contributed by atoms with E-state index in [4.69, 9.17) is 9.84 Å². The maximum Gasteiger partial charge on any atom is 0.111 e. The molecule has 1 rings (SSSR count). The number of aliphatic hydroxyl groups excluding tert-OH is 4. The van der Waals surface area contributed by atoms with Crippen molar-refractivity contribution in [2.45, 2.75) is 50.8 Å². The Kier molecular flexibility index (Phi) is 4.48. The molecular formula is C10H20O5. The fraction of sp³-hybridized carbons (Fsp3) is 1.00. The van der Waals surface area contributed by atoms with Crippen LogP contribution in [0.5, 0.6) is 0 Å². The van der Waals surface area contributed by atoms with E-state index in [0.717, 1.165) is 6.42 Å². The molecule has 0 saturated carbocycles. The summed E-state index contributed by atoms with van der Waals surface area (Å²) in [7, 11) is 0. The average Bonchev–Trinajstić information content (AvgIpc) is 2.25. The van der Waals surface area contributed by atoms with Crippen molar-refractivity contribution in [3.8, 4) is 0 Å². The minimum atomic E-state index is -1.25. The van der Waals surface area contributed by atoms with Gasteiger partial charge in [-0.2, -0.15) is 0 Å². The highest BCUT2D eigenvalue weighted by atomic mass is 16.5. The molecule has 1 heterocycles. The predicted molar refractivity (Wildman–Crippen MR) is 53.2 cm³/mol. The summed E-state index contributed by atoms with van der Waals surface area (Å²) in [4.78, 5) is 0. The smallest absolute Gasteiger partial charge is 0.111 e. The molecule has 5 heteroatoms. The molecule has 6 atom stereocenters. The van der Waals surface area contributed by atoms with Crippen LogP contribution < -0.4 is 0 Å². The highest BCUT2D eigenvalue weighted by Crippen LogP contribution is 2.27. The number of rotatable bonds is 3. The van der Waals surface area contributed by atoms with Gasteiger partial charge in [0.2, 0.25) is 0 Å². The monoisotopic (exact) mass is 220 g/mol. The van der Waals surface area contributed by atoms with E-state index in [1.165, 1.54) is 0 Å². The highest BCUT2D eigenvalue weighted by Gasteiger charge is 2.44. The van der Waals surface area contributed by atoms with Gasteiger partial charge in [0.25, 0.3) is 0 Å². The van der Waals surface area contributed by atoms with Crippen molar-refractivity contribution in [2.24, 2.45) is 5.92 Å². The molecule has 90 valence electrons. The van der Waals surface area contributed by atoms with Gasteiger partial charge < -0.3 is 25.2 Å². The zero-order valence-electron chi connectivity index (χ0n) is 9.08. The molecule has 0 aromatic rings. The Bertz CT molecular complexity index is 196. The SMILES string of the molecule is CCC(C)C1OC(CO)C(O)C(O)C1O. The molecule has 0 spiro atoms. The maximum absolute atomic E-state index is 9.71. The number of ether oxygens (including phenoxy) is 1. The quantitative estimate of drug-likeness (QED) is 0.483. The predicted octanol–water partition coefficient (Wildman–Crippen LogP) is -1.13. The molecule has 1 fully saturated rings. The van der Waals surface area contributed by atoms with Crippen LogP contribution in [0.4, 0.5) is 0 Å². The summed E-state index contributed by atoms with van der Waals surface area (Å²) < 4.78 is 5.37. The molecular weight excluding hydrogens is 200 g/mol. The zero-order chi connectivity index (χ0) is 11.6. The van der Waals surface area contributed by atoms with Gasteiger partial charge in [-0.25, -0.2) is 0 Å². The van der Waals surface area contributed by atoms with Crippen LogP contribution in [0.15, 0.2) is 0 Å². The van der Waals surface area contributed by atoms with Gasteiger partial charge in [-0.3, -0.25) is 0 Å². The molecule has 4 N–H and O–H groups in total. The molecule has 1 aliphatic rings. The summed E-state index contributed by atoms with van der Waals surface area (Å²) in [6, 6.07) is 0. The lowest BCUT2D eigenvalue weighted by Crippen LogP contribution is -2.59. The molecule has 0 aromatic heterocycles. The summed E-state index contributed by atoms with van der Waals surface area (Å²) in [6.45, 7) is 3.48. The van der Waals surface area contributed by atoms with Crippen LogP contribution in [0.3, 0.4) is 0 Å². The molecule has 1 aliphatic heterocycles. The van der Waals surface area contributed by atoms with E-state index < -0.39 is 30.5 Å². The lowest BCUT2D eigenvalue weighted by Gasteiger charge is -2.42. The van der Waals surface area contributed by atoms with Gasteiger partial charge in [0.1, 0.15) is 24.4 Å². The minimum Gasteiger partial charge on any atom is -0.394 e. The van der Waals surface area contributed by atoms with Crippen molar-refractivity contribution in [3.63, 3.8) is 0 Å². The van der Waals surface area contributed by atoms with Crippen molar-refractivity contribution < 1.29 is 25.2 Å². The molecule has 5 nitrogen and oxygen atoms in total. The van der Waals surface area contributed by atoms with Gasteiger partial charge in [-0.1, -0.05) is 20.3 Å². The van der Waals surface area contributed by atoms with Crippen molar-refractivity contribution in [1.82, 2.24) is 0 Å². The first kappa shape index (κ1) is 12.9. The second-order valence-corrected chi connectivity index (χ2v) is 4.18. The Morgan fingerprint density at radius 2 is 1.73 bits per heavy atom. The molecule has 15 heavy (non-hydrogen) atoms. The molecule has 0 bridgehead atoms. The van der Waals surface area contributed by atoms with E-state index in [2.05, 4.69) is 0 Å². The first-order valence-corrected chi connectivity index (χ1v) is 5.33. The third-order valence-electron chi connectivity index (χ3n) is 3.13. The van der Waals surface area contributed by atoms with Gasteiger partial charge in [0, 0.05) is 0 Å². The molecule has 0 radical (unpaired) electrons. The minimum absolute atomic E-state index is 0.0659. The van der Waals surface area contributed by atoms with Crippen molar-refractivity contribution in [3.05, 3.63) is 0 Å². The van der Waals surface area contributed by atoms with E-state index >= 15 is 0 Å². The summed E-state index contributed by atoms with van der Waals surface area (Å²) in [5, 5.41) is 37.7. The standard InChI is InChI=1S/C10H20O5/c1-3-5(2)10-9(14)8(13)7(12)6(4-11)15-10/h5-14H,3-4H2,1-2H3. The molecule has 1 saturated heterocycles. The number of hydrogen-bond acceptors (Lipinski definition) is 5. The molecule has 0 aliphatic carbocycles. The van der Waals surface area contributed by atoms with Crippen LogP contribution in [-0.2, 0) is 4.74 Å². The summed E-state index contributed by atoms with van der Waals surface area (Å²) in [5.41, 5.74) is 0. The van der Waals surface area contributed by atoms with E-state index in [9.17, 15) is 15.3 Å². The molecule has 0 aromatic carbocycles. The van der Waals surface area contributed by atoms with Crippen molar-refractivity contribution in [1.29, 1.82) is 0 Å². The second-order valence-electron chi connectivity index (χ2n) is 4.18. The van der Waals surface area contributed by atoms with Crippen LogP contribution in [0.25, 0.3) is 0 Å². The van der Waals surface area contributed by atoms with Crippen molar-refractivity contribution in [2.75, 3.05) is 6.61 Å². The lowest BCUT2D eigenvalue weighted by atomic mass is 9.87. The fourth-order valence-corrected chi connectivity index (χ4v) is 1.83. The second kappa shape index (κ2) is 5.23. The topological polar surface area (TPSA) is 90.2 Å². The van der Waals surface area contributed by atoms with Crippen LogP contribution in [0.1, 0.15) is 20.3 Å². The van der Waals surface area contributed by atoms with Gasteiger partial charge >= 0.3 is 0 Å². The maximum atomic E-state index is 9.71. The van der Waals surface area contributed by atoms with E-state index in [1.807, 2.05) is 13.8 Å². The third kappa shape index (κ3) is 2.49. The largest absolute Gasteiger partial charge is 0.394 e. The summed E-state index contributed by atoms with van der Waals surface area (Å²) in [5.74, 6) is 0.0659. The summed E-state index contributed by atoms with van der Waals surface area (Å²) >= 11 is 0. The fourth-order valence-electron chi connectivity index (χ4n) is 1.83. The Labute approximate surface area is 89.3 Å². The van der Waals surface area contributed by atoms with Gasteiger partial charge in [0.05, 0.1) is 12.7 Å². The average molecular weight is 220 g/mol. The molecule has 6 unspecified atom stereocenters. The van der Waals surface area contributed by atoms with Gasteiger partial charge in [-0.15, -0.1) is 0 Å². The Balaban J connectivity index is 2.74. The third-order valence-corrected chi connectivity index (χ3v) is 3.13. The van der Waals surface area contributed by atoms with Gasteiger partial charge in [-0.05, 0) is 5.92 Å². The normalized spacial score (nSPS) is 44.0. The molecule has 0 amide bonds.